The first-order chi connectivity index (χ1) is 10.3. The molecule has 2 fully saturated rings. The fraction of sp³-hybridized carbons (Fsp3) is 0.611. The van der Waals surface area contributed by atoms with Crippen LogP contribution in [0.4, 0.5) is 0 Å². The first-order valence-electron chi connectivity index (χ1n) is 8.38. The van der Waals surface area contributed by atoms with E-state index in [1.165, 1.54) is 24.8 Å². The van der Waals surface area contributed by atoms with E-state index in [2.05, 4.69) is 41.0 Å². The molecule has 3 atom stereocenters. The van der Waals surface area contributed by atoms with E-state index in [0.29, 0.717) is 24.4 Å². The number of hydrogen-bond donors (Lipinski definition) is 2. The molecule has 1 aromatic rings. The van der Waals surface area contributed by atoms with Crippen LogP contribution in [0.15, 0.2) is 30.3 Å². The zero-order valence-corrected chi connectivity index (χ0v) is 13.9. The fourth-order valence-corrected chi connectivity index (χ4v) is 3.81. The van der Waals surface area contributed by atoms with Gasteiger partial charge >= 0.3 is 0 Å². The second kappa shape index (κ2) is 8.54. The van der Waals surface area contributed by atoms with Crippen molar-refractivity contribution in [1.29, 1.82) is 0 Å². The van der Waals surface area contributed by atoms with Gasteiger partial charge in [-0.3, -0.25) is 4.79 Å². The van der Waals surface area contributed by atoms with Gasteiger partial charge in [-0.25, -0.2) is 0 Å². The summed E-state index contributed by atoms with van der Waals surface area (Å²) >= 11 is 0. The predicted octanol–water partition coefficient (Wildman–Crippen LogP) is 3.08. The number of amides is 1. The van der Waals surface area contributed by atoms with E-state index < -0.39 is 0 Å². The van der Waals surface area contributed by atoms with Crippen LogP contribution in [0, 0.1) is 5.92 Å². The van der Waals surface area contributed by atoms with E-state index in [9.17, 15) is 4.79 Å². The van der Waals surface area contributed by atoms with Gasteiger partial charge < -0.3 is 10.6 Å². The molecule has 1 aliphatic carbocycles. The van der Waals surface area contributed by atoms with Gasteiger partial charge in [-0.15, -0.1) is 12.4 Å². The van der Waals surface area contributed by atoms with Crippen LogP contribution in [0.25, 0.3) is 0 Å². The van der Waals surface area contributed by atoms with Crippen LogP contribution in [0.1, 0.15) is 44.1 Å². The minimum atomic E-state index is 0. The molecule has 122 valence electrons. The number of carbonyl (C=O) groups is 1. The van der Waals surface area contributed by atoms with E-state index in [4.69, 9.17) is 0 Å². The highest BCUT2D eigenvalue weighted by Gasteiger charge is 2.29. The topological polar surface area (TPSA) is 41.1 Å². The number of hydrogen-bond acceptors (Lipinski definition) is 2. The third-order valence-electron chi connectivity index (χ3n) is 4.94. The van der Waals surface area contributed by atoms with Gasteiger partial charge in [0.25, 0.3) is 0 Å². The molecule has 2 aliphatic rings. The Balaban J connectivity index is 0.00000176. The molecule has 3 unspecified atom stereocenters. The highest BCUT2D eigenvalue weighted by atomic mass is 35.5. The predicted molar refractivity (Wildman–Crippen MR) is 92.3 cm³/mol. The maximum absolute atomic E-state index is 12.2. The normalized spacial score (nSPS) is 27.4. The quantitative estimate of drug-likeness (QED) is 0.874. The van der Waals surface area contributed by atoms with Crippen molar-refractivity contribution < 1.29 is 4.79 Å². The molecule has 1 heterocycles. The lowest BCUT2D eigenvalue weighted by atomic mass is 9.94. The molecule has 1 amide bonds. The van der Waals surface area contributed by atoms with Crippen molar-refractivity contribution in [2.24, 2.45) is 5.92 Å². The van der Waals surface area contributed by atoms with Crippen molar-refractivity contribution in [2.45, 2.75) is 57.0 Å². The molecule has 1 saturated heterocycles. The highest BCUT2D eigenvalue weighted by Crippen LogP contribution is 2.29. The molecular weight excluding hydrogens is 296 g/mol. The Labute approximate surface area is 139 Å². The molecule has 1 saturated carbocycles. The monoisotopic (exact) mass is 322 g/mol. The first-order valence-corrected chi connectivity index (χ1v) is 8.38. The Kier molecular flexibility index (Phi) is 6.71. The zero-order valence-electron chi connectivity index (χ0n) is 13.1. The molecule has 1 aromatic carbocycles. The van der Waals surface area contributed by atoms with Crippen molar-refractivity contribution in [3.63, 3.8) is 0 Å². The van der Waals surface area contributed by atoms with Gasteiger partial charge in [-0.2, -0.15) is 0 Å². The smallest absolute Gasteiger partial charge is 0.221 e. The summed E-state index contributed by atoms with van der Waals surface area (Å²) < 4.78 is 0. The van der Waals surface area contributed by atoms with Gasteiger partial charge in [0.1, 0.15) is 0 Å². The van der Waals surface area contributed by atoms with E-state index in [1.54, 1.807) is 0 Å². The van der Waals surface area contributed by atoms with E-state index in [-0.39, 0.29) is 18.3 Å². The number of benzene rings is 1. The SMILES string of the molecule is Cl.O=C(CC1CCCN1)NC1CCCC1Cc1ccccc1. The number of nitrogens with one attached hydrogen (secondary N) is 2. The molecule has 2 N–H and O–H groups in total. The number of rotatable bonds is 5. The van der Waals surface area contributed by atoms with Crippen LogP contribution >= 0.6 is 12.4 Å². The Bertz CT molecular complexity index is 459. The summed E-state index contributed by atoms with van der Waals surface area (Å²) in [5.41, 5.74) is 1.39. The minimum Gasteiger partial charge on any atom is -0.353 e. The maximum atomic E-state index is 12.2. The summed E-state index contributed by atoms with van der Waals surface area (Å²) in [5.74, 6) is 0.840. The molecule has 1 aliphatic heterocycles. The van der Waals surface area contributed by atoms with Gasteiger partial charge in [-0.05, 0) is 50.1 Å². The Morgan fingerprint density at radius 3 is 2.68 bits per heavy atom. The van der Waals surface area contributed by atoms with Crippen molar-refractivity contribution >= 4 is 18.3 Å². The molecule has 0 aromatic heterocycles. The van der Waals surface area contributed by atoms with E-state index >= 15 is 0 Å². The largest absolute Gasteiger partial charge is 0.353 e. The van der Waals surface area contributed by atoms with Gasteiger partial charge in [0, 0.05) is 18.5 Å². The van der Waals surface area contributed by atoms with E-state index in [1.807, 2.05) is 0 Å². The summed E-state index contributed by atoms with van der Waals surface area (Å²) in [6.45, 7) is 1.07. The Hall–Kier alpha value is -1.06. The summed E-state index contributed by atoms with van der Waals surface area (Å²) in [4.78, 5) is 12.2. The number of carbonyl (C=O) groups excluding carboxylic acids is 1. The average molecular weight is 323 g/mol. The number of halogens is 1. The standard InChI is InChI=1S/C18H26N2O.ClH/c21-18(13-16-9-5-11-19-16)20-17-10-4-8-15(17)12-14-6-2-1-3-7-14;/h1-3,6-7,15-17,19H,4-5,8-13H2,(H,20,21);1H. The zero-order chi connectivity index (χ0) is 14.5. The van der Waals surface area contributed by atoms with Crippen molar-refractivity contribution in [1.82, 2.24) is 10.6 Å². The molecule has 3 nitrogen and oxygen atoms in total. The Morgan fingerprint density at radius 1 is 1.14 bits per heavy atom. The summed E-state index contributed by atoms with van der Waals surface area (Å²) in [7, 11) is 0. The summed E-state index contributed by atoms with van der Waals surface area (Å²) in [6.07, 6.45) is 7.71. The highest BCUT2D eigenvalue weighted by molar-refractivity contribution is 5.85. The van der Waals surface area contributed by atoms with Crippen LogP contribution in [0.3, 0.4) is 0 Å². The average Bonchev–Trinajstić information content (AvgIpc) is 3.13. The van der Waals surface area contributed by atoms with E-state index in [0.717, 1.165) is 25.8 Å². The Morgan fingerprint density at radius 2 is 1.95 bits per heavy atom. The van der Waals surface area contributed by atoms with Gasteiger partial charge in [0.15, 0.2) is 0 Å². The third kappa shape index (κ3) is 4.72. The van der Waals surface area contributed by atoms with Gasteiger partial charge in [0.2, 0.25) is 5.91 Å². The second-order valence-electron chi connectivity index (χ2n) is 6.55. The van der Waals surface area contributed by atoms with Crippen molar-refractivity contribution in [2.75, 3.05) is 6.54 Å². The summed E-state index contributed by atoms with van der Waals surface area (Å²) in [5, 5.41) is 6.70. The molecule has 22 heavy (non-hydrogen) atoms. The lowest BCUT2D eigenvalue weighted by molar-refractivity contribution is -0.122. The third-order valence-corrected chi connectivity index (χ3v) is 4.94. The van der Waals surface area contributed by atoms with Crippen LogP contribution in [-0.4, -0.2) is 24.5 Å². The second-order valence-corrected chi connectivity index (χ2v) is 6.55. The van der Waals surface area contributed by atoms with Crippen LogP contribution in [-0.2, 0) is 11.2 Å². The maximum Gasteiger partial charge on any atom is 0.221 e. The fourth-order valence-electron chi connectivity index (χ4n) is 3.81. The first kappa shape index (κ1) is 17.3. The molecule has 0 radical (unpaired) electrons. The lowest BCUT2D eigenvalue weighted by Gasteiger charge is -2.22. The van der Waals surface area contributed by atoms with Crippen molar-refractivity contribution in [3.05, 3.63) is 35.9 Å². The van der Waals surface area contributed by atoms with Crippen LogP contribution in [0.2, 0.25) is 0 Å². The van der Waals surface area contributed by atoms with Gasteiger partial charge in [-0.1, -0.05) is 36.8 Å². The molecule has 0 spiro atoms. The summed E-state index contributed by atoms with van der Waals surface area (Å²) in [6, 6.07) is 11.4. The van der Waals surface area contributed by atoms with Gasteiger partial charge in [0.05, 0.1) is 0 Å². The van der Waals surface area contributed by atoms with Crippen molar-refractivity contribution in [3.8, 4) is 0 Å². The van der Waals surface area contributed by atoms with Crippen LogP contribution in [0.5, 0.6) is 0 Å². The molecular formula is C18H27ClN2O. The lowest BCUT2D eigenvalue weighted by Crippen LogP contribution is -2.40. The van der Waals surface area contributed by atoms with Crippen LogP contribution < -0.4 is 10.6 Å². The molecule has 3 rings (SSSR count). The molecule has 0 bridgehead atoms. The molecule has 4 heteroatoms. The minimum absolute atomic E-state index is 0.